The van der Waals surface area contributed by atoms with Crippen molar-refractivity contribution in [3.8, 4) is 0 Å². The predicted molar refractivity (Wildman–Crippen MR) is 71.6 cm³/mol. The minimum absolute atomic E-state index is 0.0708. The zero-order chi connectivity index (χ0) is 12.7. The van der Waals surface area contributed by atoms with Gasteiger partial charge in [-0.05, 0) is 18.8 Å². The Morgan fingerprint density at radius 3 is 2.65 bits per heavy atom. The molecule has 17 heavy (non-hydrogen) atoms. The molecule has 2 N–H and O–H groups in total. The Labute approximate surface area is 105 Å². The minimum Gasteiger partial charge on any atom is -0.338 e. The van der Waals surface area contributed by atoms with Crippen molar-refractivity contribution in [2.24, 2.45) is 17.6 Å². The van der Waals surface area contributed by atoms with Crippen LogP contribution in [0.25, 0.3) is 0 Å². The average Bonchev–Trinajstić information content (AvgIpc) is 2.37. The zero-order valence-corrected chi connectivity index (χ0v) is 11.0. The van der Waals surface area contributed by atoms with Crippen molar-refractivity contribution >= 4 is 5.91 Å². The standard InChI is InChI=1S/C14H26N2O/c1-3-9-16(14(17)12(2)10-15)11-13-7-5-4-6-8-13/h3,12-13H,1,4-11,15H2,2H3. The molecule has 1 atom stereocenters. The van der Waals surface area contributed by atoms with Gasteiger partial charge in [0.1, 0.15) is 0 Å². The number of hydrogen-bond acceptors (Lipinski definition) is 2. The van der Waals surface area contributed by atoms with Crippen LogP contribution in [0.2, 0.25) is 0 Å². The zero-order valence-electron chi connectivity index (χ0n) is 11.0. The van der Waals surface area contributed by atoms with Crippen LogP contribution in [-0.2, 0) is 4.79 Å². The summed E-state index contributed by atoms with van der Waals surface area (Å²) in [5, 5.41) is 0. The van der Waals surface area contributed by atoms with E-state index in [2.05, 4.69) is 6.58 Å². The quantitative estimate of drug-likeness (QED) is 0.721. The SMILES string of the molecule is C=CCN(CC1CCCCC1)C(=O)C(C)CN. The fourth-order valence-electron chi connectivity index (χ4n) is 2.50. The van der Waals surface area contributed by atoms with E-state index in [-0.39, 0.29) is 11.8 Å². The van der Waals surface area contributed by atoms with E-state index < -0.39 is 0 Å². The Hall–Kier alpha value is -0.830. The van der Waals surface area contributed by atoms with Crippen LogP contribution in [0.1, 0.15) is 39.0 Å². The van der Waals surface area contributed by atoms with Crippen LogP contribution in [0, 0.1) is 11.8 Å². The number of carbonyl (C=O) groups is 1. The number of nitrogens with two attached hydrogens (primary N) is 1. The number of amides is 1. The lowest BCUT2D eigenvalue weighted by atomic mass is 9.88. The monoisotopic (exact) mass is 238 g/mol. The summed E-state index contributed by atoms with van der Waals surface area (Å²) in [5.74, 6) is 0.786. The van der Waals surface area contributed by atoms with Gasteiger partial charge in [0, 0.05) is 25.6 Å². The Morgan fingerprint density at radius 2 is 2.12 bits per heavy atom. The Balaban J connectivity index is 2.51. The lowest BCUT2D eigenvalue weighted by Crippen LogP contribution is -2.41. The van der Waals surface area contributed by atoms with Gasteiger partial charge in [0.25, 0.3) is 0 Å². The van der Waals surface area contributed by atoms with Crippen molar-refractivity contribution in [3.63, 3.8) is 0 Å². The molecule has 0 spiro atoms. The van der Waals surface area contributed by atoms with Crippen LogP contribution >= 0.6 is 0 Å². The van der Waals surface area contributed by atoms with E-state index in [9.17, 15) is 4.79 Å². The smallest absolute Gasteiger partial charge is 0.226 e. The van der Waals surface area contributed by atoms with Crippen LogP contribution in [0.4, 0.5) is 0 Å². The number of carbonyl (C=O) groups excluding carboxylic acids is 1. The molecule has 0 radical (unpaired) electrons. The number of nitrogens with zero attached hydrogens (tertiary/aromatic N) is 1. The normalized spacial score (nSPS) is 18.7. The van der Waals surface area contributed by atoms with Gasteiger partial charge >= 0.3 is 0 Å². The molecule has 1 unspecified atom stereocenters. The van der Waals surface area contributed by atoms with Crippen LogP contribution in [-0.4, -0.2) is 30.4 Å². The topological polar surface area (TPSA) is 46.3 Å². The van der Waals surface area contributed by atoms with Gasteiger partial charge in [0.05, 0.1) is 0 Å². The Bertz CT molecular complexity index is 247. The van der Waals surface area contributed by atoms with Gasteiger partial charge in [-0.2, -0.15) is 0 Å². The lowest BCUT2D eigenvalue weighted by Gasteiger charge is -2.30. The van der Waals surface area contributed by atoms with Crippen LogP contribution in [0.3, 0.4) is 0 Å². The molecule has 1 aliphatic rings. The maximum Gasteiger partial charge on any atom is 0.226 e. The van der Waals surface area contributed by atoms with Crippen molar-refractivity contribution in [3.05, 3.63) is 12.7 Å². The van der Waals surface area contributed by atoms with Gasteiger partial charge in [-0.3, -0.25) is 4.79 Å². The molecule has 1 aliphatic carbocycles. The second kappa shape index (κ2) is 7.49. The highest BCUT2D eigenvalue weighted by molar-refractivity contribution is 5.78. The molecule has 3 heteroatoms. The van der Waals surface area contributed by atoms with E-state index in [1.165, 1.54) is 32.1 Å². The largest absolute Gasteiger partial charge is 0.338 e. The molecule has 98 valence electrons. The fourth-order valence-corrected chi connectivity index (χ4v) is 2.50. The van der Waals surface area contributed by atoms with Gasteiger partial charge < -0.3 is 10.6 Å². The summed E-state index contributed by atoms with van der Waals surface area (Å²) in [6, 6.07) is 0. The van der Waals surface area contributed by atoms with Gasteiger partial charge in [-0.15, -0.1) is 6.58 Å². The third kappa shape index (κ3) is 4.50. The summed E-state index contributed by atoms with van der Waals surface area (Å²) in [5.41, 5.74) is 5.57. The van der Waals surface area contributed by atoms with Crippen LogP contribution < -0.4 is 5.73 Å². The van der Waals surface area contributed by atoms with E-state index in [0.29, 0.717) is 19.0 Å². The van der Waals surface area contributed by atoms with Crippen molar-refractivity contribution in [2.45, 2.75) is 39.0 Å². The molecule has 0 aromatic heterocycles. The molecule has 0 aromatic carbocycles. The van der Waals surface area contributed by atoms with E-state index >= 15 is 0 Å². The second-order valence-corrected chi connectivity index (χ2v) is 5.17. The summed E-state index contributed by atoms with van der Waals surface area (Å²) in [6.07, 6.45) is 8.31. The molecule has 0 bridgehead atoms. The Morgan fingerprint density at radius 1 is 1.47 bits per heavy atom. The van der Waals surface area contributed by atoms with Crippen LogP contribution in [0.15, 0.2) is 12.7 Å². The maximum absolute atomic E-state index is 12.1. The molecular formula is C14H26N2O. The maximum atomic E-state index is 12.1. The van der Waals surface area contributed by atoms with Crippen molar-refractivity contribution in [1.29, 1.82) is 0 Å². The first kappa shape index (κ1) is 14.2. The third-order valence-corrected chi connectivity index (χ3v) is 3.64. The molecule has 0 saturated heterocycles. The summed E-state index contributed by atoms with van der Waals surface area (Å²) < 4.78 is 0. The highest BCUT2D eigenvalue weighted by Crippen LogP contribution is 2.24. The molecular weight excluding hydrogens is 212 g/mol. The third-order valence-electron chi connectivity index (χ3n) is 3.64. The Kier molecular flexibility index (Phi) is 6.27. The summed E-state index contributed by atoms with van der Waals surface area (Å²) >= 11 is 0. The predicted octanol–water partition coefficient (Wildman–Crippen LogP) is 2.18. The summed E-state index contributed by atoms with van der Waals surface area (Å²) in [6.45, 7) is 7.60. The van der Waals surface area contributed by atoms with Crippen LogP contribution in [0.5, 0.6) is 0 Å². The first-order chi connectivity index (χ1) is 8.19. The van der Waals surface area contributed by atoms with Gasteiger partial charge in [-0.1, -0.05) is 32.3 Å². The van der Waals surface area contributed by atoms with Crippen molar-refractivity contribution in [2.75, 3.05) is 19.6 Å². The first-order valence-corrected chi connectivity index (χ1v) is 6.78. The lowest BCUT2D eigenvalue weighted by molar-refractivity contribution is -0.134. The summed E-state index contributed by atoms with van der Waals surface area (Å²) in [7, 11) is 0. The van der Waals surface area contributed by atoms with Gasteiger partial charge in [0.15, 0.2) is 0 Å². The highest BCUT2D eigenvalue weighted by atomic mass is 16.2. The summed E-state index contributed by atoms with van der Waals surface area (Å²) in [4.78, 5) is 14.1. The second-order valence-electron chi connectivity index (χ2n) is 5.17. The highest BCUT2D eigenvalue weighted by Gasteiger charge is 2.22. The first-order valence-electron chi connectivity index (χ1n) is 6.78. The van der Waals surface area contributed by atoms with E-state index in [4.69, 9.17) is 5.73 Å². The minimum atomic E-state index is -0.0708. The molecule has 0 aliphatic heterocycles. The van der Waals surface area contributed by atoms with Gasteiger partial charge in [-0.25, -0.2) is 0 Å². The molecule has 0 aromatic rings. The fraction of sp³-hybridized carbons (Fsp3) is 0.786. The van der Waals surface area contributed by atoms with Crippen molar-refractivity contribution in [1.82, 2.24) is 4.90 Å². The number of hydrogen-bond donors (Lipinski definition) is 1. The molecule has 1 saturated carbocycles. The molecule has 3 nitrogen and oxygen atoms in total. The molecule has 1 fully saturated rings. The van der Waals surface area contributed by atoms with Gasteiger partial charge in [0.2, 0.25) is 5.91 Å². The molecule has 1 amide bonds. The average molecular weight is 238 g/mol. The van der Waals surface area contributed by atoms with E-state index in [0.717, 1.165) is 6.54 Å². The van der Waals surface area contributed by atoms with E-state index in [1.807, 2.05) is 17.9 Å². The molecule has 1 rings (SSSR count). The number of rotatable bonds is 6. The van der Waals surface area contributed by atoms with E-state index in [1.54, 1.807) is 0 Å². The van der Waals surface area contributed by atoms with Crippen molar-refractivity contribution < 1.29 is 4.79 Å². The molecule has 0 heterocycles.